The van der Waals surface area contributed by atoms with Crippen molar-refractivity contribution in [2.75, 3.05) is 5.73 Å². The molecule has 0 aliphatic heterocycles. The fourth-order valence-corrected chi connectivity index (χ4v) is 2.65. The van der Waals surface area contributed by atoms with Gasteiger partial charge in [-0.25, -0.2) is 4.98 Å². The van der Waals surface area contributed by atoms with E-state index >= 15 is 0 Å². The number of imidazole rings is 1. The zero-order chi connectivity index (χ0) is 14.3. The number of nitrogen functional groups attached to an aromatic ring is 1. The van der Waals surface area contributed by atoms with Crippen molar-refractivity contribution in [3.8, 4) is 11.8 Å². The van der Waals surface area contributed by atoms with Gasteiger partial charge in [0.1, 0.15) is 6.07 Å². The first kappa shape index (κ1) is 13.0. The smallest absolute Gasteiger partial charge is 0.205 e. The summed E-state index contributed by atoms with van der Waals surface area (Å²) in [5, 5.41) is 9.88. The zero-order valence-electron chi connectivity index (χ0n) is 10.1. The summed E-state index contributed by atoms with van der Waals surface area (Å²) in [5.41, 5.74) is 8.70. The van der Waals surface area contributed by atoms with Crippen molar-refractivity contribution in [1.82, 2.24) is 9.55 Å². The predicted molar refractivity (Wildman–Crippen MR) is 82.9 cm³/mol. The SMILES string of the molecule is N#Cc1cc(Br)ccc1-n1c(N)nc2cc(Cl)ccc21. The Morgan fingerprint density at radius 1 is 1.25 bits per heavy atom. The van der Waals surface area contributed by atoms with Gasteiger partial charge in [0.15, 0.2) is 0 Å². The maximum absolute atomic E-state index is 9.28. The van der Waals surface area contributed by atoms with Crippen molar-refractivity contribution in [2.24, 2.45) is 0 Å². The van der Waals surface area contributed by atoms with Gasteiger partial charge in [0, 0.05) is 9.50 Å². The van der Waals surface area contributed by atoms with Crippen LogP contribution in [0.4, 0.5) is 5.95 Å². The molecule has 1 heterocycles. The number of halogens is 2. The van der Waals surface area contributed by atoms with E-state index in [1.165, 1.54) is 0 Å². The third-order valence-corrected chi connectivity index (χ3v) is 3.69. The fraction of sp³-hybridized carbons (Fsp3) is 0. The number of hydrogen-bond acceptors (Lipinski definition) is 3. The Labute approximate surface area is 128 Å². The van der Waals surface area contributed by atoms with E-state index in [0.717, 1.165) is 9.99 Å². The average Bonchev–Trinajstić information content (AvgIpc) is 2.73. The topological polar surface area (TPSA) is 67.6 Å². The molecule has 3 aromatic rings. The maximum Gasteiger partial charge on any atom is 0.205 e. The number of nitrogens with two attached hydrogens (primary N) is 1. The molecule has 6 heteroatoms. The van der Waals surface area contributed by atoms with Crippen molar-refractivity contribution in [3.63, 3.8) is 0 Å². The minimum Gasteiger partial charge on any atom is -0.369 e. The fourth-order valence-electron chi connectivity index (χ4n) is 2.12. The van der Waals surface area contributed by atoms with E-state index in [1.54, 1.807) is 22.8 Å². The lowest BCUT2D eigenvalue weighted by Gasteiger charge is -2.09. The van der Waals surface area contributed by atoms with Crippen LogP contribution < -0.4 is 5.73 Å². The van der Waals surface area contributed by atoms with Gasteiger partial charge < -0.3 is 5.73 Å². The van der Waals surface area contributed by atoms with Gasteiger partial charge in [0.25, 0.3) is 0 Å². The Kier molecular flexibility index (Phi) is 3.13. The summed E-state index contributed by atoms with van der Waals surface area (Å²) in [6.45, 7) is 0. The second-order valence-corrected chi connectivity index (χ2v) is 5.56. The molecular weight excluding hydrogens is 340 g/mol. The molecule has 0 saturated heterocycles. The molecule has 0 bridgehead atoms. The molecule has 3 rings (SSSR count). The Morgan fingerprint density at radius 3 is 2.80 bits per heavy atom. The van der Waals surface area contributed by atoms with Gasteiger partial charge in [-0.3, -0.25) is 4.57 Å². The predicted octanol–water partition coefficient (Wildman–Crippen LogP) is 3.90. The summed E-state index contributed by atoms with van der Waals surface area (Å²) < 4.78 is 2.58. The second kappa shape index (κ2) is 4.82. The zero-order valence-corrected chi connectivity index (χ0v) is 12.5. The first-order valence-electron chi connectivity index (χ1n) is 5.73. The number of anilines is 1. The molecule has 0 unspecified atom stereocenters. The molecule has 0 radical (unpaired) electrons. The Bertz CT molecular complexity index is 863. The van der Waals surface area contributed by atoms with E-state index in [2.05, 4.69) is 27.0 Å². The van der Waals surface area contributed by atoms with Crippen LogP contribution in [0.15, 0.2) is 40.9 Å². The molecular formula is C14H8BrClN4. The summed E-state index contributed by atoms with van der Waals surface area (Å²) in [4.78, 5) is 4.28. The monoisotopic (exact) mass is 346 g/mol. The third-order valence-electron chi connectivity index (χ3n) is 2.96. The largest absolute Gasteiger partial charge is 0.369 e. The average molecular weight is 348 g/mol. The van der Waals surface area contributed by atoms with E-state index < -0.39 is 0 Å². The molecule has 2 N–H and O–H groups in total. The molecule has 0 aliphatic carbocycles. The van der Waals surface area contributed by atoms with Crippen LogP contribution in [0, 0.1) is 11.3 Å². The van der Waals surface area contributed by atoms with E-state index in [1.807, 2.05) is 18.2 Å². The van der Waals surface area contributed by atoms with Crippen LogP contribution >= 0.6 is 27.5 Å². The molecule has 0 spiro atoms. The van der Waals surface area contributed by atoms with E-state index in [9.17, 15) is 5.26 Å². The second-order valence-electron chi connectivity index (χ2n) is 4.21. The minimum atomic E-state index is 0.320. The van der Waals surface area contributed by atoms with Gasteiger partial charge >= 0.3 is 0 Å². The molecule has 0 amide bonds. The van der Waals surface area contributed by atoms with Crippen molar-refractivity contribution < 1.29 is 0 Å². The number of benzene rings is 2. The van der Waals surface area contributed by atoms with Crippen LogP contribution in [-0.2, 0) is 0 Å². The number of nitriles is 1. The van der Waals surface area contributed by atoms with Crippen LogP contribution in [0.2, 0.25) is 5.02 Å². The summed E-state index contributed by atoms with van der Waals surface area (Å²) in [7, 11) is 0. The van der Waals surface area contributed by atoms with E-state index in [0.29, 0.717) is 27.7 Å². The highest BCUT2D eigenvalue weighted by atomic mass is 79.9. The van der Waals surface area contributed by atoms with Gasteiger partial charge in [-0.1, -0.05) is 27.5 Å². The maximum atomic E-state index is 9.28. The van der Waals surface area contributed by atoms with Crippen LogP contribution in [0.1, 0.15) is 5.56 Å². The molecule has 0 saturated carbocycles. The summed E-state index contributed by atoms with van der Waals surface area (Å²) in [6.07, 6.45) is 0. The van der Waals surface area contributed by atoms with Gasteiger partial charge in [-0.2, -0.15) is 5.26 Å². The highest BCUT2D eigenvalue weighted by molar-refractivity contribution is 9.10. The molecule has 0 aliphatic rings. The van der Waals surface area contributed by atoms with Crippen LogP contribution in [0.25, 0.3) is 16.7 Å². The lowest BCUT2D eigenvalue weighted by atomic mass is 10.2. The number of aromatic nitrogens is 2. The normalized spacial score (nSPS) is 10.7. The number of fused-ring (bicyclic) bond motifs is 1. The number of rotatable bonds is 1. The quantitative estimate of drug-likeness (QED) is 0.726. The summed E-state index contributed by atoms with van der Waals surface area (Å²) >= 11 is 9.31. The minimum absolute atomic E-state index is 0.320. The first-order valence-corrected chi connectivity index (χ1v) is 6.91. The lowest BCUT2D eigenvalue weighted by molar-refractivity contribution is 1.10. The third kappa shape index (κ3) is 2.03. The molecule has 20 heavy (non-hydrogen) atoms. The number of hydrogen-bond donors (Lipinski definition) is 1. The summed E-state index contributed by atoms with van der Waals surface area (Å²) in [6, 6.07) is 13.0. The molecule has 2 aromatic carbocycles. The van der Waals surface area contributed by atoms with Crippen molar-refractivity contribution in [3.05, 3.63) is 51.5 Å². The molecule has 4 nitrogen and oxygen atoms in total. The van der Waals surface area contributed by atoms with Crippen LogP contribution in [-0.4, -0.2) is 9.55 Å². The van der Waals surface area contributed by atoms with Crippen molar-refractivity contribution in [1.29, 1.82) is 5.26 Å². The van der Waals surface area contributed by atoms with Crippen LogP contribution in [0.5, 0.6) is 0 Å². The highest BCUT2D eigenvalue weighted by Crippen LogP contribution is 2.28. The van der Waals surface area contributed by atoms with Crippen molar-refractivity contribution in [2.45, 2.75) is 0 Å². The van der Waals surface area contributed by atoms with Gasteiger partial charge in [0.05, 0.1) is 22.3 Å². The van der Waals surface area contributed by atoms with Gasteiger partial charge in [-0.15, -0.1) is 0 Å². The van der Waals surface area contributed by atoms with Gasteiger partial charge in [-0.05, 0) is 36.4 Å². The Balaban J connectivity index is 2.35. The van der Waals surface area contributed by atoms with Gasteiger partial charge in [0.2, 0.25) is 5.95 Å². The van der Waals surface area contributed by atoms with E-state index in [4.69, 9.17) is 17.3 Å². The Morgan fingerprint density at radius 2 is 2.05 bits per heavy atom. The Hall–Kier alpha value is -2.03. The van der Waals surface area contributed by atoms with Crippen molar-refractivity contribution >= 4 is 44.5 Å². The molecule has 0 atom stereocenters. The summed E-state index contributed by atoms with van der Waals surface area (Å²) in [5.74, 6) is 0.320. The lowest BCUT2D eigenvalue weighted by Crippen LogP contribution is -2.02. The van der Waals surface area contributed by atoms with Crippen LogP contribution in [0.3, 0.4) is 0 Å². The highest BCUT2D eigenvalue weighted by Gasteiger charge is 2.13. The molecule has 1 aromatic heterocycles. The number of nitrogens with zero attached hydrogens (tertiary/aromatic N) is 3. The standard InChI is InChI=1S/C14H8BrClN4/c15-9-1-3-12(8(5-9)7-17)20-13-4-2-10(16)6-11(13)19-14(20)18/h1-6H,(H2,18,19). The van der Waals surface area contributed by atoms with E-state index in [-0.39, 0.29) is 0 Å². The molecule has 98 valence electrons. The first-order chi connectivity index (χ1) is 9.60. The molecule has 0 fully saturated rings.